The maximum absolute atomic E-state index is 3.56. The molecule has 11 heavy (non-hydrogen) atoms. The summed E-state index contributed by atoms with van der Waals surface area (Å²) in [6.45, 7) is 4.28. The Kier molecular flexibility index (Phi) is 3.46. The molecule has 1 aromatic rings. The minimum Gasteiger partial charge on any atom is -0.125 e. The lowest BCUT2D eigenvalue weighted by molar-refractivity contribution is 1.30. The predicted octanol–water partition coefficient (Wildman–Crippen LogP) is 3.87. The summed E-state index contributed by atoms with van der Waals surface area (Å²) >= 11 is 5.43. The first-order valence-corrected chi connectivity index (χ1v) is 5.41. The van der Waals surface area contributed by atoms with Crippen molar-refractivity contribution < 1.29 is 0 Å². The lowest BCUT2D eigenvalue weighted by Crippen LogP contribution is -1.79. The quantitative estimate of drug-likeness (QED) is 0.696. The number of benzene rings is 1. The Morgan fingerprint density at radius 2 is 2.18 bits per heavy atom. The lowest BCUT2D eigenvalue weighted by atomic mass is 10.2. The average Bonchev–Trinajstić information content (AvgIpc) is 1.99. The van der Waals surface area contributed by atoms with Gasteiger partial charge in [0, 0.05) is 9.37 Å². The van der Waals surface area contributed by atoms with E-state index in [2.05, 4.69) is 48.0 Å². The highest BCUT2D eigenvalue weighted by molar-refractivity contribution is 9.10. The number of hydrogen-bond donors (Lipinski definition) is 0. The van der Waals surface area contributed by atoms with Crippen molar-refractivity contribution in [1.29, 1.82) is 0 Å². The van der Waals surface area contributed by atoms with Crippen molar-refractivity contribution >= 4 is 27.7 Å². The zero-order chi connectivity index (χ0) is 8.27. The third-order valence-electron chi connectivity index (χ3n) is 1.46. The second-order valence-electron chi connectivity index (χ2n) is 2.32. The molecule has 0 atom stereocenters. The van der Waals surface area contributed by atoms with Crippen molar-refractivity contribution in [2.45, 2.75) is 18.7 Å². The van der Waals surface area contributed by atoms with Crippen molar-refractivity contribution in [3.8, 4) is 0 Å². The van der Waals surface area contributed by atoms with Crippen LogP contribution in [0.4, 0.5) is 0 Å². The largest absolute Gasteiger partial charge is 0.125 e. The van der Waals surface area contributed by atoms with Crippen molar-refractivity contribution in [3.05, 3.63) is 28.2 Å². The summed E-state index contributed by atoms with van der Waals surface area (Å²) in [6.07, 6.45) is 0. The van der Waals surface area contributed by atoms with Gasteiger partial charge in [-0.05, 0) is 40.2 Å². The molecule has 0 N–H and O–H groups in total. The van der Waals surface area contributed by atoms with E-state index in [0.717, 1.165) is 5.75 Å². The zero-order valence-corrected chi connectivity index (χ0v) is 9.13. The maximum atomic E-state index is 3.56. The third kappa shape index (κ3) is 2.24. The second-order valence-corrected chi connectivity index (χ2v) is 4.42. The van der Waals surface area contributed by atoms with Crippen LogP contribution in [0.15, 0.2) is 27.6 Å². The molecule has 0 saturated carbocycles. The van der Waals surface area contributed by atoms with E-state index in [-0.39, 0.29) is 0 Å². The van der Waals surface area contributed by atoms with Crippen molar-refractivity contribution in [1.82, 2.24) is 0 Å². The molecule has 2 heteroatoms. The zero-order valence-electron chi connectivity index (χ0n) is 6.73. The highest BCUT2D eigenvalue weighted by Crippen LogP contribution is 2.29. The van der Waals surface area contributed by atoms with Gasteiger partial charge in [0.05, 0.1) is 0 Å². The van der Waals surface area contributed by atoms with E-state index in [0.29, 0.717) is 0 Å². The van der Waals surface area contributed by atoms with Gasteiger partial charge < -0.3 is 0 Å². The van der Waals surface area contributed by atoms with Crippen LogP contribution in [0.3, 0.4) is 0 Å². The monoisotopic (exact) mass is 230 g/mol. The molecular formula is C9H11BrS. The smallest absolute Gasteiger partial charge is 0.0340 e. The summed E-state index contributed by atoms with van der Waals surface area (Å²) in [5, 5.41) is 0. The molecule has 1 aromatic carbocycles. The molecule has 0 heterocycles. The van der Waals surface area contributed by atoms with E-state index < -0.39 is 0 Å². The van der Waals surface area contributed by atoms with Crippen LogP contribution in [0.5, 0.6) is 0 Å². The Labute approximate surface area is 80.5 Å². The van der Waals surface area contributed by atoms with Gasteiger partial charge in [-0.1, -0.05) is 19.1 Å². The highest BCUT2D eigenvalue weighted by atomic mass is 79.9. The fourth-order valence-corrected chi connectivity index (χ4v) is 2.27. The number of hydrogen-bond acceptors (Lipinski definition) is 1. The van der Waals surface area contributed by atoms with Gasteiger partial charge in [0.15, 0.2) is 0 Å². The Morgan fingerprint density at radius 1 is 1.45 bits per heavy atom. The Morgan fingerprint density at radius 3 is 2.82 bits per heavy atom. The molecular weight excluding hydrogens is 220 g/mol. The summed E-state index contributed by atoms with van der Waals surface area (Å²) < 4.78 is 1.24. The molecule has 0 aromatic heterocycles. The van der Waals surface area contributed by atoms with E-state index in [1.807, 2.05) is 11.8 Å². The van der Waals surface area contributed by atoms with Gasteiger partial charge in [-0.2, -0.15) is 0 Å². The van der Waals surface area contributed by atoms with Crippen LogP contribution in [-0.2, 0) is 0 Å². The van der Waals surface area contributed by atoms with E-state index >= 15 is 0 Å². The fourth-order valence-electron chi connectivity index (χ4n) is 0.887. The fraction of sp³-hybridized carbons (Fsp3) is 0.333. The van der Waals surface area contributed by atoms with Crippen LogP contribution in [0.25, 0.3) is 0 Å². The Balaban J connectivity index is 2.96. The van der Waals surface area contributed by atoms with Gasteiger partial charge in [-0.15, -0.1) is 11.8 Å². The first kappa shape index (κ1) is 9.14. The van der Waals surface area contributed by atoms with Gasteiger partial charge in [0.25, 0.3) is 0 Å². The normalized spacial score (nSPS) is 10.1. The number of thioether (sulfide) groups is 1. The summed E-state index contributed by atoms with van der Waals surface area (Å²) in [5.41, 5.74) is 1.31. The molecule has 0 spiro atoms. The van der Waals surface area contributed by atoms with Crippen molar-refractivity contribution in [2.75, 3.05) is 5.75 Å². The molecule has 0 amide bonds. The predicted molar refractivity (Wildman–Crippen MR) is 55.3 cm³/mol. The standard InChI is InChI=1S/C9H11BrS/c1-3-11-8-6-4-5-7(2)9(8)10/h4-6H,3H2,1-2H3. The van der Waals surface area contributed by atoms with E-state index in [1.165, 1.54) is 14.9 Å². The molecule has 0 unspecified atom stereocenters. The molecule has 0 nitrogen and oxygen atoms in total. The van der Waals surface area contributed by atoms with E-state index in [9.17, 15) is 0 Å². The van der Waals surface area contributed by atoms with Crippen LogP contribution >= 0.6 is 27.7 Å². The number of halogens is 1. The molecule has 1 rings (SSSR count). The molecule has 0 aliphatic rings. The highest BCUT2D eigenvalue weighted by Gasteiger charge is 2.00. The third-order valence-corrected chi connectivity index (χ3v) is 3.71. The summed E-state index contributed by atoms with van der Waals surface area (Å²) in [4.78, 5) is 1.34. The molecule has 0 saturated heterocycles. The average molecular weight is 231 g/mol. The Hall–Kier alpha value is 0.0500. The first-order valence-electron chi connectivity index (χ1n) is 3.63. The van der Waals surface area contributed by atoms with E-state index in [1.54, 1.807) is 0 Å². The van der Waals surface area contributed by atoms with Crippen LogP contribution in [0.2, 0.25) is 0 Å². The maximum Gasteiger partial charge on any atom is 0.0340 e. The Bertz CT molecular complexity index is 245. The number of aryl methyl sites for hydroxylation is 1. The van der Waals surface area contributed by atoms with Gasteiger partial charge >= 0.3 is 0 Å². The lowest BCUT2D eigenvalue weighted by Gasteiger charge is -2.03. The topological polar surface area (TPSA) is 0 Å². The van der Waals surface area contributed by atoms with Gasteiger partial charge in [0.1, 0.15) is 0 Å². The van der Waals surface area contributed by atoms with Crippen LogP contribution in [-0.4, -0.2) is 5.75 Å². The summed E-state index contributed by atoms with van der Waals surface area (Å²) in [7, 11) is 0. The molecule has 0 fully saturated rings. The number of rotatable bonds is 2. The minimum absolute atomic E-state index is 1.13. The summed E-state index contributed by atoms with van der Waals surface area (Å²) in [6, 6.07) is 6.35. The SMILES string of the molecule is CCSc1cccc(C)c1Br. The van der Waals surface area contributed by atoms with Crippen molar-refractivity contribution in [2.24, 2.45) is 0 Å². The van der Waals surface area contributed by atoms with Gasteiger partial charge in [-0.25, -0.2) is 0 Å². The molecule has 60 valence electrons. The van der Waals surface area contributed by atoms with Crippen LogP contribution in [0.1, 0.15) is 12.5 Å². The first-order chi connectivity index (χ1) is 5.25. The van der Waals surface area contributed by atoms with E-state index in [4.69, 9.17) is 0 Å². The van der Waals surface area contributed by atoms with Gasteiger partial charge in [-0.3, -0.25) is 0 Å². The van der Waals surface area contributed by atoms with Crippen LogP contribution in [0, 0.1) is 6.92 Å². The van der Waals surface area contributed by atoms with Gasteiger partial charge in [0.2, 0.25) is 0 Å². The molecule has 0 aliphatic heterocycles. The minimum atomic E-state index is 1.13. The summed E-state index contributed by atoms with van der Waals surface area (Å²) in [5.74, 6) is 1.13. The molecule has 0 bridgehead atoms. The van der Waals surface area contributed by atoms with Crippen LogP contribution < -0.4 is 0 Å². The van der Waals surface area contributed by atoms with Crippen molar-refractivity contribution in [3.63, 3.8) is 0 Å². The second kappa shape index (κ2) is 4.17. The molecule has 0 aliphatic carbocycles. The molecule has 0 radical (unpaired) electrons.